The van der Waals surface area contributed by atoms with Gasteiger partial charge in [0, 0.05) is 12.7 Å². The van der Waals surface area contributed by atoms with E-state index in [0.717, 1.165) is 31.4 Å². The highest BCUT2D eigenvalue weighted by atomic mass is 35.5. The fourth-order valence-corrected chi connectivity index (χ4v) is 2.33. The first-order chi connectivity index (χ1) is 10.5. The fraction of sp³-hybridized carbons (Fsp3) is 0.571. The summed E-state index contributed by atoms with van der Waals surface area (Å²) < 4.78 is 29.8. The minimum atomic E-state index is -0.772. The second-order valence-corrected chi connectivity index (χ2v) is 5.40. The third-order valence-corrected chi connectivity index (χ3v) is 3.56. The Morgan fingerprint density at radius 1 is 1.55 bits per heavy atom. The van der Waals surface area contributed by atoms with Gasteiger partial charge in [-0.05, 0) is 32.3 Å². The van der Waals surface area contributed by atoms with Gasteiger partial charge in [-0.25, -0.2) is 4.39 Å². The molecule has 1 heterocycles. The Morgan fingerprint density at radius 2 is 2.32 bits per heavy atom. The third-order valence-electron chi connectivity index (χ3n) is 3.21. The van der Waals surface area contributed by atoms with Gasteiger partial charge >= 0.3 is 5.69 Å². The van der Waals surface area contributed by atoms with Gasteiger partial charge in [-0.3, -0.25) is 10.1 Å². The average Bonchev–Trinajstić information content (AvgIpc) is 2.49. The SMILES string of the molecule is CC(COc1c([N+](=O)[O-])ccc(F)c1Cl)O[C@@H]1CCCCO1. The molecule has 0 radical (unpaired) electrons. The average molecular weight is 334 g/mol. The minimum Gasteiger partial charge on any atom is -0.483 e. The number of nitro benzene ring substituents is 1. The van der Waals surface area contributed by atoms with Crippen molar-refractivity contribution in [2.45, 2.75) is 38.6 Å². The van der Waals surface area contributed by atoms with Crippen LogP contribution in [0.4, 0.5) is 10.1 Å². The first-order valence-electron chi connectivity index (χ1n) is 7.01. The summed E-state index contributed by atoms with van der Waals surface area (Å²) >= 11 is 5.75. The number of nitrogens with zero attached hydrogens (tertiary/aromatic N) is 1. The van der Waals surface area contributed by atoms with Gasteiger partial charge in [0.2, 0.25) is 5.75 Å². The Labute approximate surface area is 132 Å². The highest BCUT2D eigenvalue weighted by Gasteiger charge is 2.23. The molecule has 1 saturated heterocycles. The summed E-state index contributed by atoms with van der Waals surface area (Å²) in [6.07, 6.45) is 2.16. The molecule has 8 heteroatoms. The molecule has 1 aliphatic heterocycles. The molecule has 2 rings (SSSR count). The number of hydrogen-bond donors (Lipinski definition) is 0. The Balaban J connectivity index is 1.98. The number of rotatable bonds is 6. The molecule has 0 amide bonds. The topological polar surface area (TPSA) is 70.8 Å². The largest absolute Gasteiger partial charge is 0.483 e. The molecule has 0 N–H and O–H groups in total. The Morgan fingerprint density at radius 3 is 2.95 bits per heavy atom. The van der Waals surface area contributed by atoms with E-state index in [1.54, 1.807) is 6.92 Å². The standard InChI is InChI=1S/C14H17ClFNO5/c1-9(22-12-4-2-3-7-20-12)8-21-14-11(17(18)19)6-5-10(16)13(14)15/h5-6,9,12H,2-4,7-8H2,1H3/t9?,12-/m1/s1. The van der Waals surface area contributed by atoms with Crippen LogP contribution in [0, 0.1) is 15.9 Å². The van der Waals surface area contributed by atoms with Gasteiger partial charge in [-0.2, -0.15) is 0 Å². The summed E-state index contributed by atoms with van der Waals surface area (Å²) in [4.78, 5) is 10.3. The van der Waals surface area contributed by atoms with Gasteiger partial charge in [0.05, 0.1) is 11.0 Å². The monoisotopic (exact) mass is 333 g/mol. The van der Waals surface area contributed by atoms with E-state index in [2.05, 4.69) is 0 Å². The number of benzene rings is 1. The van der Waals surface area contributed by atoms with Gasteiger partial charge in [-0.15, -0.1) is 0 Å². The van der Waals surface area contributed by atoms with Crippen molar-refractivity contribution in [3.63, 3.8) is 0 Å². The molecule has 0 saturated carbocycles. The van der Waals surface area contributed by atoms with E-state index in [1.807, 2.05) is 0 Å². The van der Waals surface area contributed by atoms with E-state index in [9.17, 15) is 14.5 Å². The lowest BCUT2D eigenvalue weighted by atomic mass is 10.2. The van der Waals surface area contributed by atoms with Crippen LogP contribution in [0.1, 0.15) is 26.2 Å². The van der Waals surface area contributed by atoms with Crippen molar-refractivity contribution >= 4 is 17.3 Å². The van der Waals surface area contributed by atoms with Crippen LogP contribution >= 0.6 is 11.6 Å². The molecule has 1 fully saturated rings. The summed E-state index contributed by atoms with van der Waals surface area (Å²) in [5.74, 6) is -1.06. The molecule has 6 nitrogen and oxygen atoms in total. The molecule has 1 aromatic carbocycles. The number of hydrogen-bond acceptors (Lipinski definition) is 5. The molecule has 2 atom stereocenters. The van der Waals surface area contributed by atoms with E-state index in [4.69, 9.17) is 25.8 Å². The van der Waals surface area contributed by atoms with Crippen LogP contribution in [-0.2, 0) is 9.47 Å². The zero-order valence-corrected chi connectivity index (χ0v) is 12.8. The summed E-state index contributed by atoms with van der Waals surface area (Å²) in [6, 6.07) is 1.95. The summed E-state index contributed by atoms with van der Waals surface area (Å²) in [7, 11) is 0. The molecule has 0 aliphatic carbocycles. The Kier molecular flexibility index (Phi) is 5.93. The van der Waals surface area contributed by atoms with Gasteiger partial charge in [-0.1, -0.05) is 11.6 Å². The quantitative estimate of drug-likeness (QED) is 0.586. The van der Waals surface area contributed by atoms with Crippen molar-refractivity contribution in [2.75, 3.05) is 13.2 Å². The normalized spacial score (nSPS) is 19.7. The second kappa shape index (κ2) is 7.71. The van der Waals surface area contributed by atoms with Gasteiger partial charge in [0.15, 0.2) is 6.29 Å². The zero-order chi connectivity index (χ0) is 16.1. The van der Waals surface area contributed by atoms with E-state index < -0.39 is 15.8 Å². The van der Waals surface area contributed by atoms with Crippen molar-refractivity contribution in [3.8, 4) is 5.75 Å². The van der Waals surface area contributed by atoms with Crippen LogP contribution in [0.5, 0.6) is 5.75 Å². The maximum Gasteiger partial charge on any atom is 0.312 e. The summed E-state index contributed by atoms with van der Waals surface area (Å²) in [5.41, 5.74) is -0.382. The van der Waals surface area contributed by atoms with Crippen LogP contribution in [-0.4, -0.2) is 30.5 Å². The molecule has 1 aromatic rings. The number of nitro groups is 1. The highest BCUT2D eigenvalue weighted by molar-refractivity contribution is 6.32. The second-order valence-electron chi connectivity index (χ2n) is 5.02. The first kappa shape index (κ1) is 16.9. The Hall–Kier alpha value is -1.44. The van der Waals surface area contributed by atoms with Crippen LogP contribution in [0.2, 0.25) is 5.02 Å². The van der Waals surface area contributed by atoms with Crippen LogP contribution < -0.4 is 4.74 Å². The van der Waals surface area contributed by atoms with Gasteiger partial charge in [0.25, 0.3) is 0 Å². The van der Waals surface area contributed by atoms with Crippen LogP contribution in [0.15, 0.2) is 12.1 Å². The smallest absolute Gasteiger partial charge is 0.312 e. The minimum absolute atomic E-state index is 0.00384. The molecule has 0 aromatic heterocycles. The first-order valence-corrected chi connectivity index (χ1v) is 7.39. The van der Waals surface area contributed by atoms with Crippen molar-refractivity contribution in [2.24, 2.45) is 0 Å². The Bertz CT molecular complexity index is 536. The van der Waals surface area contributed by atoms with Crippen LogP contribution in [0.25, 0.3) is 0 Å². The molecule has 22 heavy (non-hydrogen) atoms. The van der Waals surface area contributed by atoms with E-state index in [1.165, 1.54) is 0 Å². The lowest BCUT2D eigenvalue weighted by molar-refractivity contribution is -0.386. The van der Waals surface area contributed by atoms with Crippen molar-refractivity contribution in [1.82, 2.24) is 0 Å². The van der Waals surface area contributed by atoms with E-state index in [-0.39, 0.29) is 30.4 Å². The van der Waals surface area contributed by atoms with Crippen molar-refractivity contribution in [1.29, 1.82) is 0 Å². The molecule has 1 aliphatic rings. The molecule has 1 unspecified atom stereocenters. The van der Waals surface area contributed by atoms with Gasteiger partial charge in [0.1, 0.15) is 17.4 Å². The van der Waals surface area contributed by atoms with Crippen molar-refractivity contribution in [3.05, 3.63) is 33.1 Å². The highest BCUT2D eigenvalue weighted by Crippen LogP contribution is 2.36. The summed E-state index contributed by atoms with van der Waals surface area (Å²) in [6.45, 7) is 2.40. The fourth-order valence-electron chi connectivity index (χ4n) is 2.12. The predicted octanol–water partition coefficient (Wildman–Crippen LogP) is 3.70. The molecular formula is C14H17ClFNO5. The maximum atomic E-state index is 13.4. The lowest BCUT2D eigenvalue weighted by Crippen LogP contribution is -2.29. The predicted molar refractivity (Wildman–Crippen MR) is 77.7 cm³/mol. The summed E-state index contributed by atoms with van der Waals surface area (Å²) in [5, 5.41) is 10.5. The van der Waals surface area contributed by atoms with Gasteiger partial charge < -0.3 is 14.2 Å². The van der Waals surface area contributed by atoms with Crippen LogP contribution in [0.3, 0.4) is 0 Å². The lowest BCUT2D eigenvalue weighted by Gasteiger charge is -2.26. The molecule has 0 spiro atoms. The molecule has 0 bridgehead atoms. The third kappa shape index (κ3) is 4.28. The maximum absolute atomic E-state index is 13.4. The molecule has 122 valence electrons. The van der Waals surface area contributed by atoms with E-state index >= 15 is 0 Å². The van der Waals surface area contributed by atoms with Crippen molar-refractivity contribution < 1.29 is 23.5 Å². The number of halogens is 2. The van der Waals surface area contributed by atoms with E-state index in [0.29, 0.717) is 6.61 Å². The number of ether oxygens (including phenoxy) is 3. The molecular weight excluding hydrogens is 317 g/mol. The zero-order valence-electron chi connectivity index (χ0n) is 12.1.